The zero-order valence-electron chi connectivity index (χ0n) is 7.96. The van der Waals surface area contributed by atoms with E-state index >= 15 is 0 Å². The Balaban J connectivity index is 2.29. The number of hydrogen-bond acceptors (Lipinski definition) is 5. The van der Waals surface area contributed by atoms with Crippen LogP contribution in [0, 0.1) is 0 Å². The van der Waals surface area contributed by atoms with Gasteiger partial charge in [0, 0.05) is 6.54 Å². The van der Waals surface area contributed by atoms with Gasteiger partial charge in [0.05, 0.1) is 25.6 Å². The first-order chi connectivity index (χ1) is 7.12. The summed E-state index contributed by atoms with van der Waals surface area (Å²) in [5.74, 6) is 0. The van der Waals surface area contributed by atoms with Gasteiger partial charge in [-0.25, -0.2) is 8.42 Å². The van der Waals surface area contributed by atoms with Gasteiger partial charge < -0.3 is 10.5 Å². The first-order valence-corrected chi connectivity index (χ1v) is 5.91. The molecule has 0 spiro atoms. The van der Waals surface area contributed by atoms with Gasteiger partial charge in [-0.15, -0.1) is 0 Å². The lowest BCUT2D eigenvalue weighted by molar-refractivity contribution is 0.0349. The van der Waals surface area contributed by atoms with Crippen LogP contribution < -0.4 is 5.73 Å². The van der Waals surface area contributed by atoms with Gasteiger partial charge in [0.25, 0.3) is 10.0 Å². The zero-order chi connectivity index (χ0) is 10.9. The highest BCUT2D eigenvalue weighted by Crippen LogP contribution is 2.15. The van der Waals surface area contributed by atoms with E-state index in [1.54, 1.807) is 0 Å². The van der Waals surface area contributed by atoms with Crippen molar-refractivity contribution in [3.63, 3.8) is 0 Å². The van der Waals surface area contributed by atoms with Crippen LogP contribution in [0.1, 0.15) is 0 Å². The van der Waals surface area contributed by atoms with E-state index in [1.165, 1.54) is 16.6 Å². The minimum absolute atomic E-state index is 0.0554. The Kier molecular flexibility index (Phi) is 2.74. The van der Waals surface area contributed by atoms with Crippen LogP contribution in [0.2, 0.25) is 0 Å². The highest BCUT2D eigenvalue weighted by atomic mass is 32.2. The maximum absolute atomic E-state index is 12.0. The maximum Gasteiger partial charge on any atom is 0.261 e. The predicted octanol–water partition coefficient (Wildman–Crippen LogP) is -1.28. The number of aromatic amines is 1. The molecular weight excluding hydrogens is 220 g/mol. The van der Waals surface area contributed by atoms with E-state index in [4.69, 9.17) is 10.5 Å². The molecule has 2 rings (SSSR count). The van der Waals surface area contributed by atoms with Crippen molar-refractivity contribution in [1.82, 2.24) is 14.5 Å². The van der Waals surface area contributed by atoms with Gasteiger partial charge in [0.15, 0.2) is 5.03 Å². The summed E-state index contributed by atoms with van der Waals surface area (Å²) in [6, 6.07) is 1.40. The molecule has 1 unspecified atom stereocenters. The quantitative estimate of drug-likeness (QED) is 0.661. The molecule has 1 saturated heterocycles. The molecule has 0 amide bonds. The third kappa shape index (κ3) is 1.88. The van der Waals surface area contributed by atoms with E-state index in [1.807, 2.05) is 0 Å². The number of morpholine rings is 1. The van der Waals surface area contributed by atoms with E-state index in [0.717, 1.165) is 0 Å². The number of nitrogens with two attached hydrogens (primary N) is 1. The fraction of sp³-hybridized carbons (Fsp3) is 0.571. The van der Waals surface area contributed by atoms with Crippen molar-refractivity contribution < 1.29 is 13.2 Å². The van der Waals surface area contributed by atoms with Crippen molar-refractivity contribution in [1.29, 1.82) is 0 Å². The van der Waals surface area contributed by atoms with Crippen molar-refractivity contribution in [2.45, 2.75) is 11.2 Å². The summed E-state index contributed by atoms with van der Waals surface area (Å²) in [5.41, 5.74) is 5.66. The van der Waals surface area contributed by atoms with Crippen molar-refractivity contribution >= 4 is 10.0 Å². The molecule has 0 bridgehead atoms. The topological polar surface area (TPSA) is 101 Å². The molecular formula is C7H12N4O3S. The maximum atomic E-state index is 12.0. The second-order valence-corrected chi connectivity index (χ2v) is 5.04. The first kappa shape index (κ1) is 10.6. The Labute approximate surface area is 87.3 Å². The van der Waals surface area contributed by atoms with Gasteiger partial charge in [-0.1, -0.05) is 0 Å². The van der Waals surface area contributed by atoms with Gasteiger partial charge in [-0.3, -0.25) is 5.10 Å². The number of ether oxygens (including phenoxy) is 1. The minimum atomic E-state index is -3.56. The lowest BCUT2D eigenvalue weighted by atomic mass is 10.4. The summed E-state index contributed by atoms with van der Waals surface area (Å²) in [4.78, 5) is 0. The monoisotopic (exact) mass is 232 g/mol. The summed E-state index contributed by atoms with van der Waals surface area (Å²) in [5, 5.41) is 6.08. The van der Waals surface area contributed by atoms with Crippen LogP contribution in [-0.2, 0) is 14.8 Å². The van der Waals surface area contributed by atoms with E-state index in [-0.39, 0.29) is 18.2 Å². The molecule has 1 aliphatic heterocycles. The molecule has 0 aromatic carbocycles. The summed E-state index contributed by atoms with van der Waals surface area (Å²) in [6.07, 6.45) is 0.755. The fourth-order valence-corrected chi connectivity index (χ4v) is 2.80. The molecule has 0 radical (unpaired) electrons. The van der Waals surface area contributed by atoms with E-state index in [9.17, 15) is 8.42 Å². The summed E-state index contributed by atoms with van der Waals surface area (Å²) in [6.45, 7) is 0.844. The van der Waals surface area contributed by atoms with Crippen LogP contribution in [0.25, 0.3) is 0 Å². The van der Waals surface area contributed by atoms with E-state index in [0.29, 0.717) is 6.61 Å². The second-order valence-electron chi connectivity index (χ2n) is 3.18. The smallest absolute Gasteiger partial charge is 0.261 e. The number of hydrogen-bond donors (Lipinski definition) is 2. The lowest BCUT2D eigenvalue weighted by Gasteiger charge is -2.31. The number of aromatic nitrogens is 2. The SMILES string of the molecule is NC1COCCN1S(=O)(=O)c1ccn[nH]1. The molecule has 15 heavy (non-hydrogen) atoms. The highest BCUT2D eigenvalue weighted by Gasteiger charge is 2.32. The normalized spacial score (nSPS) is 24.2. The molecule has 1 atom stereocenters. The summed E-state index contributed by atoms with van der Waals surface area (Å²) < 4.78 is 30.2. The Hall–Kier alpha value is -0.960. The standard InChI is InChI=1S/C7H12N4O3S/c8-6-5-14-4-3-11(6)15(12,13)7-1-2-9-10-7/h1-2,6H,3-5,8H2,(H,9,10). The van der Waals surface area contributed by atoms with Crippen LogP contribution >= 0.6 is 0 Å². The molecule has 2 heterocycles. The average Bonchev–Trinajstić information content (AvgIpc) is 2.71. The molecule has 1 aromatic rings. The van der Waals surface area contributed by atoms with Gasteiger partial charge >= 0.3 is 0 Å². The van der Waals surface area contributed by atoms with Crippen molar-refractivity contribution in [3.8, 4) is 0 Å². The molecule has 0 aliphatic carbocycles. The van der Waals surface area contributed by atoms with Crippen LogP contribution in [0.15, 0.2) is 17.3 Å². The summed E-state index contributed by atoms with van der Waals surface area (Å²) >= 11 is 0. The Bertz CT molecular complexity index is 415. The van der Waals surface area contributed by atoms with Crippen LogP contribution in [0.3, 0.4) is 0 Å². The molecule has 3 N–H and O–H groups in total. The summed E-state index contributed by atoms with van der Waals surface area (Å²) in [7, 11) is -3.56. The number of nitrogens with one attached hydrogen (secondary N) is 1. The Morgan fingerprint density at radius 2 is 2.47 bits per heavy atom. The van der Waals surface area contributed by atoms with Gasteiger partial charge in [0.2, 0.25) is 0 Å². The Morgan fingerprint density at radius 1 is 1.67 bits per heavy atom. The van der Waals surface area contributed by atoms with Crippen LogP contribution in [0.5, 0.6) is 0 Å². The molecule has 1 fully saturated rings. The second kappa shape index (κ2) is 3.89. The predicted molar refractivity (Wildman–Crippen MR) is 51.3 cm³/mol. The molecule has 1 aromatic heterocycles. The van der Waals surface area contributed by atoms with Gasteiger partial charge in [-0.05, 0) is 6.07 Å². The first-order valence-electron chi connectivity index (χ1n) is 4.47. The third-order valence-electron chi connectivity index (χ3n) is 2.18. The molecule has 8 heteroatoms. The highest BCUT2D eigenvalue weighted by molar-refractivity contribution is 7.89. The van der Waals surface area contributed by atoms with Crippen molar-refractivity contribution in [3.05, 3.63) is 12.3 Å². The van der Waals surface area contributed by atoms with Gasteiger partial charge in [0.1, 0.15) is 0 Å². The van der Waals surface area contributed by atoms with Crippen molar-refractivity contribution in [2.75, 3.05) is 19.8 Å². The lowest BCUT2D eigenvalue weighted by Crippen LogP contribution is -2.53. The van der Waals surface area contributed by atoms with Crippen LogP contribution in [0.4, 0.5) is 0 Å². The van der Waals surface area contributed by atoms with E-state index < -0.39 is 16.2 Å². The number of rotatable bonds is 2. The number of H-pyrrole nitrogens is 1. The molecule has 1 aliphatic rings. The molecule has 0 saturated carbocycles. The van der Waals surface area contributed by atoms with Gasteiger partial charge in [-0.2, -0.15) is 9.40 Å². The molecule has 84 valence electrons. The van der Waals surface area contributed by atoms with E-state index in [2.05, 4.69) is 10.2 Å². The van der Waals surface area contributed by atoms with Crippen molar-refractivity contribution in [2.24, 2.45) is 5.73 Å². The number of sulfonamides is 1. The fourth-order valence-electron chi connectivity index (χ4n) is 1.42. The number of nitrogens with zero attached hydrogens (tertiary/aromatic N) is 2. The molecule has 7 nitrogen and oxygen atoms in total. The Morgan fingerprint density at radius 3 is 3.07 bits per heavy atom. The minimum Gasteiger partial charge on any atom is -0.377 e. The zero-order valence-corrected chi connectivity index (χ0v) is 8.77. The average molecular weight is 232 g/mol. The largest absolute Gasteiger partial charge is 0.377 e. The third-order valence-corrected chi connectivity index (χ3v) is 4.03. The van der Waals surface area contributed by atoms with Crippen LogP contribution in [-0.4, -0.2) is 48.8 Å².